The molecular formula is C16H22BrNO. The number of nitrogens with zero attached hydrogens (tertiary/aromatic N) is 1. The third kappa shape index (κ3) is 3.19. The van der Waals surface area contributed by atoms with E-state index in [0.717, 1.165) is 28.8 Å². The molecule has 1 aliphatic rings. The van der Waals surface area contributed by atoms with E-state index < -0.39 is 0 Å². The zero-order valence-electron chi connectivity index (χ0n) is 12.2. The molecule has 3 heteroatoms. The number of ketones is 1. The van der Waals surface area contributed by atoms with Crippen molar-refractivity contribution in [1.82, 2.24) is 0 Å². The van der Waals surface area contributed by atoms with E-state index in [-0.39, 0.29) is 5.78 Å². The molecule has 104 valence electrons. The molecule has 0 saturated carbocycles. The maximum Gasteiger partial charge on any atom is 0.161 e. The topological polar surface area (TPSA) is 20.3 Å². The molecule has 1 unspecified atom stereocenters. The van der Waals surface area contributed by atoms with E-state index in [1.165, 1.54) is 6.42 Å². The lowest BCUT2D eigenvalue weighted by molar-refractivity contribution is 0.101. The number of carbonyl (C=O) groups excluding carboxylic acids is 1. The molecule has 1 aromatic rings. The van der Waals surface area contributed by atoms with Crippen LogP contribution in [0.4, 0.5) is 5.69 Å². The Morgan fingerprint density at radius 3 is 2.58 bits per heavy atom. The fourth-order valence-electron chi connectivity index (χ4n) is 2.75. The predicted octanol–water partition coefficient (Wildman–Crippen LogP) is 4.52. The molecule has 0 radical (unpaired) electrons. The number of halogens is 1. The summed E-state index contributed by atoms with van der Waals surface area (Å²) in [5, 5.41) is 0. The number of carbonyl (C=O) groups is 1. The highest BCUT2D eigenvalue weighted by atomic mass is 79.9. The van der Waals surface area contributed by atoms with Gasteiger partial charge in [0.25, 0.3) is 0 Å². The lowest BCUT2D eigenvalue weighted by Crippen LogP contribution is -2.26. The van der Waals surface area contributed by atoms with Crippen molar-refractivity contribution in [2.45, 2.75) is 34.1 Å². The molecule has 0 bridgehead atoms. The Hall–Kier alpha value is -0.830. The Balaban J connectivity index is 2.27. The normalized spacial score (nSPS) is 19.8. The molecule has 1 heterocycles. The summed E-state index contributed by atoms with van der Waals surface area (Å²) in [6.07, 6.45) is 1.21. The molecule has 0 aliphatic carbocycles. The van der Waals surface area contributed by atoms with Gasteiger partial charge in [-0.3, -0.25) is 4.79 Å². The number of Topliss-reactive ketones (excluding diaryl/α,β-unsaturated/α-hetero) is 1. The number of benzene rings is 1. The number of hydrogen-bond donors (Lipinski definition) is 0. The van der Waals surface area contributed by atoms with Crippen LogP contribution in [0.5, 0.6) is 0 Å². The standard InChI is InChI=1S/C16H22BrNO/c1-11(19)14-9-13(17)5-6-15(14)18-8-7-12(10-18)16(2,3)4/h5-6,9,12H,7-8,10H2,1-4H3. The number of anilines is 1. The third-order valence-corrected chi connectivity index (χ3v) is 4.58. The lowest BCUT2D eigenvalue weighted by atomic mass is 9.80. The van der Waals surface area contributed by atoms with Crippen LogP contribution in [-0.2, 0) is 0 Å². The fraction of sp³-hybridized carbons (Fsp3) is 0.562. The van der Waals surface area contributed by atoms with Gasteiger partial charge in [0.05, 0.1) is 0 Å². The van der Waals surface area contributed by atoms with Crippen LogP contribution in [0, 0.1) is 11.3 Å². The zero-order valence-corrected chi connectivity index (χ0v) is 13.8. The first-order valence-electron chi connectivity index (χ1n) is 6.84. The van der Waals surface area contributed by atoms with Crippen LogP contribution in [0.1, 0.15) is 44.5 Å². The van der Waals surface area contributed by atoms with Gasteiger partial charge < -0.3 is 4.90 Å². The zero-order chi connectivity index (χ0) is 14.2. The molecule has 0 spiro atoms. The predicted molar refractivity (Wildman–Crippen MR) is 83.9 cm³/mol. The number of rotatable bonds is 2. The first-order valence-corrected chi connectivity index (χ1v) is 7.64. The highest BCUT2D eigenvalue weighted by Gasteiger charge is 2.32. The van der Waals surface area contributed by atoms with Gasteiger partial charge in [-0.25, -0.2) is 0 Å². The second kappa shape index (κ2) is 5.28. The average molecular weight is 324 g/mol. The van der Waals surface area contributed by atoms with E-state index in [1.807, 2.05) is 12.1 Å². The van der Waals surface area contributed by atoms with Crippen molar-refractivity contribution in [3.05, 3.63) is 28.2 Å². The maximum atomic E-state index is 11.8. The van der Waals surface area contributed by atoms with Crippen molar-refractivity contribution in [2.75, 3.05) is 18.0 Å². The van der Waals surface area contributed by atoms with Gasteiger partial charge in [0.1, 0.15) is 0 Å². The van der Waals surface area contributed by atoms with Gasteiger partial charge in [0.15, 0.2) is 5.78 Å². The fourth-order valence-corrected chi connectivity index (χ4v) is 3.11. The third-order valence-electron chi connectivity index (χ3n) is 4.09. The molecule has 19 heavy (non-hydrogen) atoms. The minimum atomic E-state index is 0.135. The highest BCUT2D eigenvalue weighted by Crippen LogP contribution is 2.37. The van der Waals surface area contributed by atoms with Crippen molar-refractivity contribution >= 4 is 27.4 Å². The SMILES string of the molecule is CC(=O)c1cc(Br)ccc1N1CCC(C(C)(C)C)C1. The van der Waals surface area contributed by atoms with Crippen LogP contribution in [0.25, 0.3) is 0 Å². The Kier molecular flexibility index (Phi) is 4.05. The molecular weight excluding hydrogens is 302 g/mol. The van der Waals surface area contributed by atoms with Crippen molar-refractivity contribution < 1.29 is 4.79 Å². The number of hydrogen-bond acceptors (Lipinski definition) is 2. The molecule has 1 aromatic carbocycles. The van der Waals surface area contributed by atoms with Gasteiger partial charge in [0.2, 0.25) is 0 Å². The highest BCUT2D eigenvalue weighted by molar-refractivity contribution is 9.10. The summed E-state index contributed by atoms with van der Waals surface area (Å²) in [6.45, 7) is 10.6. The Morgan fingerprint density at radius 2 is 2.05 bits per heavy atom. The van der Waals surface area contributed by atoms with Crippen LogP contribution in [-0.4, -0.2) is 18.9 Å². The van der Waals surface area contributed by atoms with E-state index in [1.54, 1.807) is 6.92 Å². The summed E-state index contributed by atoms with van der Waals surface area (Å²) in [5.74, 6) is 0.825. The van der Waals surface area contributed by atoms with Crippen molar-refractivity contribution in [1.29, 1.82) is 0 Å². The Bertz CT molecular complexity index is 490. The van der Waals surface area contributed by atoms with Gasteiger partial charge in [-0.1, -0.05) is 36.7 Å². The van der Waals surface area contributed by atoms with E-state index in [4.69, 9.17) is 0 Å². The Morgan fingerprint density at radius 1 is 1.37 bits per heavy atom. The van der Waals surface area contributed by atoms with E-state index >= 15 is 0 Å². The van der Waals surface area contributed by atoms with Gasteiger partial charge in [-0.05, 0) is 42.9 Å². The quantitative estimate of drug-likeness (QED) is 0.745. The maximum absolute atomic E-state index is 11.8. The second-order valence-electron chi connectivity index (χ2n) is 6.52. The smallest absolute Gasteiger partial charge is 0.161 e. The summed E-state index contributed by atoms with van der Waals surface area (Å²) in [4.78, 5) is 14.2. The van der Waals surface area contributed by atoms with Gasteiger partial charge >= 0.3 is 0 Å². The van der Waals surface area contributed by atoms with Crippen molar-refractivity contribution in [3.63, 3.8) is 0 Å². The molecule has 1 saturated heterocycles. The van der Waals surface area contributed by atoms with Crippen LogP contribution in [0.2, 0.25) is 0 Å². The molecule has 1 aliphatic heterocycles. The van der Waals surface area contributed by atoms with Crippen LogP contribution in [0.3, 0.4) is 0 Å². The van der Waals surface area contributed by atoms with E-state index in [9.17, 15) is 4.79 Å². The van der Waals surface area contributed by atoms with Gasteiger partial charge in [-0.2, -0.15) is 0 Å². The summed E-state index contributed by atoms with van der Waals surface area (Å²) in [6, 6.07) is 6.01. The summed E-state index contributed by atoms with van der Waals surface area (Å²) in [5.41, 5.74) is 2.24. The van der Waals surface area contributed by atoms with Gasteiger partial charge in [0, 0.05) is 28.8 Å². The molecule has 0 N–H and O–H groups in total. The first kappa shape index (κ1) is 14.6. The summed E-state index contributed by atoms with van der Waals surface area (Å²) < 4.78 is 0.966. The molecule has 1 fully saturated rings. The minimum absolute atomic E-state index is 0.135. The lowest BCUT2D eigenvalue weighted by Gasteiger charge is -2.28. The largest absolute Gasteiger partial charge is 0.371 e. The van der Waals surface area contributed by atoms with Crippen LogP contribution < -0.4 is 4.90 Å². The summed E-state index contributed by atoms with van der Waals surface area (Å²) in [7, 11) is 0. The molecule has 2 rings (SSSR count). The summed E-state index contributed by atoms with van der Waals surface area (Å²) >= 11 is 3.45. The van der Waals surface area contributed by atoms with Crippen LogP contribution >= 0.6 is 15.9 Å². The van der Waals surface area contributed by atoms with Crippen molar-refractivity contribution in [3.8, 4) is 0 Å². The van der Waals surface area contributed by atoms with E-state index in [2.05, 4.69) is 47.7 Å². The Labute approximate surface area is 124 Å². The molecule has 0 aromatic heterocycles. The molecule has 2 nitrogen and oxygen atoms in total. The first-order chi connectivity index (χ1) is 8.79. The van der Waals surface area contributed by atoms with E-state index in [0.29, 0.717) is 11.3 Å². The molecule has 0 amide bonds. The molecule has 1 atom stereocenters. The van der Waals surface area contributed by atoms with Crippen LogP contribution in [0.15, 0.2) is 22.7 Å². The minimum Gasteiger partial charge on any atom is -0.371 e. The second-order valence-corrected chi connectivity index (χ2v) is 7.43. The monoisotopic (exact) mass is 323 g/mol. The van der Waals surface area contributed by atoms with Gasteiger partial charge in [-0.15, -0.1) is 0 Å². The van der Waals surface area contributed by atoms with Crippen molar-refractivity contribution in [2.24, 2.45) is 11.3 Å². The average Bonchev–Trinajstić information content (AvgIpc) is 2.77.